The van der Waals surface area contributed by atoms with Crippen LogP contribution in [0.4, 0.5) is 0 Å². The Hall–Kier alpha value is -0.820. The number of hydrogen-bond acceptors (Lipinski definition) is 1. The van der Waals surface area contributed by atoms with Crippen LogP contribution in [-0.2, 0) is 5.54 Å². The van der Waals surface area contributed by atoms with Gasteiger partial charge >= 0.3 is 0 Å². The molecule has 0 aromatic heterocycles. The van der Waals surface area contributed by atoms with Crippen LogP contribution in [0.5, 0.6) is 0 Å². The molecule has 1 saturated heterocycles. The van der Waals surface area contributed by atoms with Crippen molar-refractivity contribution in [1.29, 1.82) is 0 Å². The molecular formula is C14H21N. The molecule has 82 valence electrons. The van der Waals surface area contributed by atoms with E-state index in [1.165, 1.54) is 24.8 Å². The minimum atomic E-state index is 0.156. The maximum Gasteiger partial charge on any atom is 0.0410 e. The molecule has 1 N–H and O–H groups in total. The highest BCUT2D eigenvalue weighted by Crippen LogP contribution is 2.35. The second kappa shape index (κ2) is 3.64. The second-order valence-corrected chi connectivity index (χ2v) is 5.56. The zero-order valence-electron chi connectivity index (χ0n) is 10.0. The van der Waals surface area contributed by atoms with Crippen molar-refractivity contribution in [1.82, 2.24) is 5.32 Å². The Morgan fingerprint density at radius 3 is 2.27 bits per heavy atom. The highest BCUT2D eigenvalue weighted by Gasteiger charge is 2.36. The largest absolute Gasteiger partial charge is 0.303 e. The van der Waals surface area contributed by atoms with Crippen molar-refractivity contribution >= 4 is 0 Å². The van der Waals surface area contributed by atoms with Gasteiger partial charge in [-0.3, -0.25) is 0 Å². The Bertz CT molecular complexity index is 328. The molecule has 1 aliphatic heterocycles. The van der Waals surface area contributed by atoms with Crippen molar-refractivity contribution in [2.24, 2.45) is 0 Å². The number of hydrogen-bond donors (Lipinski definition) is 1. The lowest BCUT2D eigenvalue weighted by molar-refractivity contribution is 0.168. The van der Waals surface area contributed by atoms with Crippen molar-refractivity contribution in [2.75, 3.05) is 0 Å². The van der Waals surface area contributed by atoms with Gasteiger partial charge in [0.05, 0.1) is 0 Å². The van der Waals surface area contributed by atoms with Crippen molar-refractivity contribution in [3.63, 3.8) is 0 Å². The summed E-state index contributed by atoms with van der Waals surface area (Å²) in [6.45, 7) is 6.92. The van der Waals surface area contributed by atoms with E-state index in [0.717, 1.165) is 0 Å². The summed E-state index contributed by atoms with van der Waals surface area (Å²) in [7, 11) is 0. The van der Waals surface area contributed by atoms with E-state index in [0.29, 0.717) is 0 Å². The quantitative estimate of drug-likeness (QED) is 0.737. The molecule has 0 radical (unpaired) electrons. The van der Waals surface area contributed by atoms with Gasteiger partial charge < -0.3 is 5.32 Å². The highest BCUT2D eigenvalue weighted by atomic mass is 15.1. The monoisotopic (exact) mass is 203 g/mol. The normalized spacial score (nSPS) is 30.1. The molecule has 0 amide bonds. The van der Waals surface area contributed by atoms with Crippen LogP contribution >= 0.6 is 0 Å². The summed E-state index contributed by atoms with van der Waals surface area (Å²) < 4.78 is 0. The highest BCUT2D eigenvalue weighted by molar-refractivity contribution is 5.25. The van der Waals surface area contributed by atoms with Crippen LogP contribution in [0.25, 0.3) is 0 Å². The van der Waals surface area contributed by atoms with Gasteiger partial charge in [0.15, 0.2) is 0 Å². The van der Waals surface area contributed by atoms with Crippen LogP contribution in [0.1, 0.15) is 45.6 Å². The first-order valence-electron chi connectivity index (χ1n) is 5.87. The summed E-state index contributed by atoms with van der Waals surface area (Å²) >= 11 is 0. The second-order valence-electron chi connectivity index (χ2n) is 5.56. The van der Waals surface area contributed by atoms with Gasteiger partial charge in [-0.25, -0.2) is 0 Å². The van der Waals surface area contributed by atoms with E-state index in [9.17, 15) is 0 Å². The minimum Gasteiger partial charge on any atom is -0.303 e. The Balaban J connectivity index is 2.27. The third kappa shape index (κ3) is 2.23. The molecule has 1 heterocycles. The average Bonchev–Trinajstić information content (AvgIpc) is 2.17. The summed E-state index contributed by atoms with van der Waals surface area (Å²) in [5, 5.41) is 3.79. The first-order chi connectivity index (χ1) is 7.02. The van der Waals surface area contributed by atoms with E-state index in [4.69, 9.17) is 0 Å². The lowest BCUT2D eigenvalue weighted by atomic mass is 9.78. The molecule has 0 aliphatic carbocycles. The van der Waals surface area contributed by atoms with E-state index in [-0.39, 0.29) is 11.1 Å². The standard InChI is InChI=1S/C14H21N/c1-13(2)10-7-11-14(3,15-13)12-8-5-4-6-9-12/h4-6,8-9,15H,7,10-11H2,1-3H3. The molecule has 15 heavy (non-hydrogen) atoms. The van der Waals surface area contributed by atoms with E-state index in [2.05, 4.69) is 56.4 Å². The van der Waals surface area contributed by atoms with Crippen LogP contribution in [-0.4, -0.2) is 5.54 Å². The smallest absolute Gasteiger partial charge is 0.0410 e. The summed E-state index contributed by atoms with van der Waals surface area (Å²) in [4.78, 5) is 0. The third-order valence-corrected chi connectivity index (χ3v) is 3.50. The number of nitrogens with one attached hydrogen (secondary N) is 1. The van der Waals surface area contributed by atoms with E-state index >= 15 is 0 Å². The lowest BCUT2D eigenvalue weighted by Crippen LogP contribution is -2.54. The first kappa shape index (κ1) is 10.7. The van der Waals surface area contributed by atoms with Crippen LogP contribution in [0, 0.1) is 0 Å². The Kier molecular flexibility index (Phi) is 2.59. The fourth-order valence-electron chi connectivity index (χ4n) is 2.78. The average molecular weight is 203 g/mol. The van der Waals surface area contributed by atoms with Crippen molar-refractivity contribution in [2.45, 2.75) is 51.1 Å². The first-order valence-corrected chi connectivity index (χ1v) is 5.87. The Labute approximate surface area is 92.9 Å². The molecule has 0 spiro atoms. The van der Waals surface area contributed by atoms with Crippen molar-refractivity contribution < 1.29 is 0 Å². The van der Waals surface area contributed by atoms with Crippen LogP contribution in [0.3, 0.4) is 0 Å². The summed E-state index contributed by atoms with van der Waals surface area (Å²) in [5.41, 5.74) is 1.84. The van der Waals surface area contributed by atoms with Crippen LogP contribution < -0.4 is 5.32 Å². The molecule has 1 nitrogen and oxygen atoms in total. The van der Waals surface area contributed by atoms with Gasteiger partial charge in [0.2, 0.25) is 0 Å². The molecule has 2 rings (SSSR count). The van der Waals surface area contributed by atoms with Crippen LogP contribution in [0.2, 0.25) is 0 Å². The number of rotatable bonds is 1. The molecule has 1 heteroatoms. The van der Waals surface area contributed by atoms with E-state index in [1.807, 2.05) is 0 Å². The molecule has 1 aromatic carbocycles. The molecule has 0 saturated carbocycles. The molecule has 1 aliphatic rings. The fourth-order valence-corrected chi connectivity index (χ4v) is 2.78. The minimum absolute atomic E-state index is 0.156. The molecular weight excluding hydrogens is 182 g/mol. The van der Waals surface area contributed by atoms with Gasteiger partial charge in [0.1, 0.15) is 0 Å². The zero-order chi connectivity index (χ0) is 10.9. The Morgan fingerprint density at radius 2 is 1.67 bits per heavy atom. The van der Waals surface area contributed by atoms with Crippen LogP contribution in [0.15, 0.2) is 30.3 Å². The van der Waals surface area contributed by atoms with Crippen molar-refractivity contribution in [3.8, 4) is 0 Å². The molecule has 1 aromatic rings. The number of benzene rings is 1. The fraction of sp³-hybridized carbons (Fsp3) is 0.571. The van der Waals surface area contributed by atoms with Gasteiger partial charge in [0.25, 0.3) is 0 Å². The molecule has 0 bridgehead atoms. The topological polar surface area (TPSA) is 12.0 Å². The maximum absolute atomic E-state index is 3.79. The zero-order valence-corrected chi connectivity index (χ0v) is 10.0. The molecule has 1 fully saturated rings. The molecule has 1 atom stereocenters. The van der Waals surface area contributed by atoms with Gasteiger partial charge in [-0.15, -0.1) is 0 Å². The van der Waals surface area contributed by atoms with Gasteiger partial charge in [-0.1, -0.05) is 30.3 Å². The SMILES string of the molecule is CC1(C)CCCC(C)(c2ccccc2)N1. The number of piperidine rings is 1. The maximum atomic E-state index is 3.79. The molecule has 1 unspecified atom stereocenters. The van der Waals surface area contributed by atoms with Gasteiger partial charge in [-0.2, -0.15) is 0 Å². The predicted octanol–water partition coefficient (Wildman–Crippen LogP) is 3.45. The van der Waals surface area contributed by atoms with E-state index < -0.39 is 0 Å². The summed E-state index contributed by atoms with van der Waals surface area (Å²) in [6, 6.07) is 10.8. The summed E-state index contributed by atoms with van der Waals surface area (Å²) in [6.07, 6.45) is 3.82. The summed E-state index contributed by atoms with van der Waals surface area (Å²) in [5.74, 6) is 0. The van der Waals surface area contributed by atoms with Crippen molar-refractivity contribution in [3.05, 3.63) is 35.9 Å². The van der Waals surface area contributed by atoms with Gasteiger partial charge in [-0.05, 0) is 45.6 Å². The van der Waals surface area contributed by atoms with Gasteiger partial charge in [0, 0.05) is 11.1 Å². The van der Waals surface area contributed by atoms with E-state index in [1.54, 1.807) is 0 Å². The third-order valence-electron chi connectivity index (χ3n) is 3.50. The lowest BCUT2D eigenvalue weighted by Gasteiger charge is -2.45. The Morgan fingerprint density at radius 1 is 1.00 bits per heavy atom. The predicted molar refractivity (Wildman–Crippen MR) is 64.9 cm³/mol.